The van der Waals surface area contributed by atoms with Gasteiger partial charge in [0.2, 0.25) is 0 Å². The summed E-state index contributed by atoms with van der Waals surface area (Å²) in [7, 11) is 2.23. The van der Waals surface area contributed by atoms with Gasteiger partial charge in [-0.05, 0) is 62.8 Å². The summed E-state index contributed by atoms with van der Waals surface area (Å²) < 4.78 is 0. The Bertz CT molecular complexity index is 462. The van der Waals surface area contributed by atoms with E-state index in [1.165, 1.54) is 12.8 Å². The lowest BCUT2D eigenvalue weighted by molar-refractivity contribution is 0.0356. The third kappa shape index (κ3) is 2.42. The molecule has 0 aromatic heterocycles. The number of aryl methyl sites for hydroxylation is 1. The van der Waals surface area contributed by atoms with Crippen molar-refractivity contribution in [1.82, 2.24) is 4.90 Å². The topological polar surface area (TPSA) is 23.5 Å². The van der Waals surface area contributed by atoms with E-state index in [0.717, 1.165) is 29.0 Å². The standard InChI is InChI=1S/C16H22ClNO/c1-10-3-4-11(9-15(10)17)16(19)12-7-13-5-6-14(8-12)18(13)2/h3-4,9,12-14,16,19H,5-8H2,1-2H3. The first-order valence-corrected chi connectivity index (χ1v) is 7.60. The number of aliphatic hydroxyl groups excluding tert-OH is 1. The van der Waals surface area contributed by atoms with Gasteiger partial charge in [0, 0.05) is 17.1 Å². The van der Waals surface area contributed by atoms with Crippen LogP contribution in [0.25, 0.3) is 0 Å². The molecule has 0 amide bonds. The van der Waals surface area contributed by atoms with Crippen LogP contribution < -0.4 is 0 Å². The fourth-order valence-electron chi connectivity index (χ4n) is 3.78. The minimum atomic E-state index is -0.366. The molecule has 2 heterocycles. The second kappa shape index (κ2) is 5.08. The Morgan fingerprint density at radius 1 is 1.26 bits per heavy atom. The molecule has 104 valence electrons. The second-order valence-electron chi connectivity index (χ2n) is 6.24. The Morgan fingerprint density at radius 3 is 2.47 bits per heavy atom. The van der Waals surface area contributed by atoms with E-state index in [-0.39, 0.29) is 6.10 Å². The molecule has 1 N–H and O–H groups in total. The lowest BCUT2D eigenvalue weighted by Crippen LogP contribution is -2.41. The third-order valence-electron chi connectivity index (χ3n) is 5.12. The van der Waals surface area contributed by atoms with Crippen molar-refractivity contribution in [2.24, 2.45) is 5.92 Å². The van der Waals surface area contributed by atoms with Gasteiger partial charge in [-0.15, -0.1) is 0 Å². The molecule has 2 saturated heterocycles. The first-order chi connectivity index (χ1) is 9.06. The summed E-state index contributed by atoms with van der Waals surface area (Å²) in [6.45, 7) is 1.99. The number of hydrogen-bond acceptors (Lipinski definition) is 2. The van der Waals surface area contributed by atoms with E-state index in [2.05, 4.69) is 11.9 Å². The van der Waals surface area contributed by atoms with Crippen LogP contribution >= 0.6 is 11.6 Å². The van der Waals surface area contributed by atoms with Gasteiger partial charge in [-0.2, -0.15) is 0 Å². The largest absolute Gasteiger partial charge is 0.388 e. The number of fused-ring (bicyclic) bond motifs is 2. The van der Waals surface area contributed by atoms with Gasteiger partial charge in [0.1, 0.15) is 0 Å². The molecule has 1 aromatic rings. The highest BCUT2D eigenvalue weighted by Gasteiger charge is 2.40. The number of benzene rings is 1. The van der Waals surface area contributed by atoms with Crippen molar-refractivity contribution < 1.29 is 5.11 Å². The number of aliphatic hydroxyl groups is 1. The SMILES string of the molecule is Cc1ccc(C(O)C2CC3CCC(C2)N3C)cc1Cl. The zero-order chi connectivity index (χ0) is 13.6. The first-order valence-electron chi connectivity index (χ1n) is 7.22. The van der Waals surface area contributed by atoms with Crippen molar-refractivity contribution in [2.75, 3.05) is 7.05 Å². The number of nitrogens with zero attached hydrogens (tertiary/aromatic N) is 1. The van der Waals surface area contributed by atoms with Crippen molar-refractivity contribution in [2.45, 2.75) is 50.8 Å². The molecule has 1 aromatic carbocycles. The van der Waals surface area contributed by atoms with Crippen LogP contribution in [0, 0.1) is 12.8 Å². The predicted molar refractivity (Wildman–Crippen MR) is 78.4 cm³/mol. The average Bonchev–Trinajstić information content (AvgIpc) is 2.64. The highest BCUT2D eigenvalue weighted by atomic mass is 35.5. The maximum absolute atomic E-state index is 10.6. The number of hydrogen-bond donors (Lipinski definition) is 1. The highest BCUT2D eigenvalue weighted by Crippen LogP contribution is 2.42. The fraction of sp³-hybridized carbons (Fsp3) is 0.625. The zero-order valence-corrected chi connectivity index (χ0v) is 12.4. The zero-order valence-electron chi connectivity index (χ0n) is 11.6. The van der Waals surface area contributed by atoms with Crippen molar-refractivity contribution >= 4 is 11.6 Å². The molecule has 3 atom stereocenters. The van der Waals surface area contributed by atoms with E-state index < -0.39 is 0 Å². The Morgan fingerprint density at radius 2 is 1.89 bits per heavy atom. The Hall–Kier alpha value is -0.570. The summed E-state index contributed by atoms with van der Waals surface area (Å²) in [5.41, 5.74) is 2.05. The van der Waals surface area contributed by atoms with E-state index in [1.807, 2.05) is 25.1 Å². The molecule has 2 aliphatic heterocycles. The van der Waals surface area contributed by atoms with Crippen LogP contribution in [0.2, 0.25) is 5.02 Å². The van der Waals surface area contributed by atoms with Gasteiger partial charge in [0.05, 0.1) is 6.10 Å². The quantitative estimate of drug-likeness (QED) is 0.895. The molecule has 2 bridgehead atoms. The highest BCUT2D eigenvalue weighted by molar-refractivity contribution is 6.31. The summed E-state index contributed by atoms with van der Waals surface area (Å²) in [5, 5.41) is 11.4. The maximum atomic E-state index is 10.6. The molecule has 3 rings (SSSR count). The molecule has 19 heavy (non-hydrogen) atoms. The van der Waals surface area contributed by atoms with Gasteiger partial charge in [0.25, 0.3) is 0 Å². The van der Waals surface area contributed by atoms with Crippen molar-refractivity contribution in [3.05, 3.63) is 34.3 Å². The minimum absolute atomic E-state index is 0.366. The van der Waals surface area contributed by atoms with E-state index in [0.29, 0.717) is 18.0 Å². The molecule has 3 heteroatoms. The molecule has 0 saturated carbocycles. The number of halogens is 1. The summed E-state index contributed by atoms with van der Waals surface area (Å²) in [4.78, 5) is 2.51. The normalized spacial score (nSPS) is 32.5. The average molecular weight is 280 g/mol. The van der Waals surface area contributed by atoms with Crippen LogP contribution in [0.5, 0.6) is 0 Å². The molecule has 2 nitrogen and oxygen atoms in total. The summed E-state index contributed by atoms with van der Waals surface area (Å²) in [5.74, 6) is 0.382. The molecular formula is C16H22ClNO. The van der Waals surface area contributed by atoms with Crippen molar-refractivity contribution in [3.8, 4) is 0 Å². The van der Waals surface area contributed by atoms with Crippen LogP contribution in [0.1, 0.15) is 42.9 Å². The Labute approximate surface area is 120 Å². The molecule has 3 unspecified atom stereocenters. The molecule has 0 radical (unpaired) electrons. The van der Waals surface area contributed by atoms with Gasteiger partial charge in [-0.1, -0.05) is 23.7 Å². The van der Waals surface area contributed by atoms with Crippen molar-refractivity contribution in [3.63, 3.8) is 0 Å². The monoisotopic (exact) mass is 279 g/mol. The van der Waals surface area contributed by atoms with Crippen LogP contribution in [0.3, 0.4) is 0 Å². The van der Waals surface area contributed by atoms with Gasteiger partial charge in [-0.25, -0.2) is 0 Å². The third-order valence-corrected chi connectivity index (χ3v) is 5.53. The Balaban J connectivity index is 1.77. The van der Waals surface area contributed by atoms with Gasteiger partial charge >= 0.3 is 0 Å². The van der Waals surface area contributed by atoms with Gasteiger partial charge in [0.15, 0.2) is 0 Å². The number of piperidine rings is 1. The minimum Gasteiger partial charge on any atom is -0.388 e. The molecular weight excluding hydrogens is 258 g/mol. The summed E-state index contributed by atoms with van der Waals surface area (Å²) >= 11 is 6.17. The predicted octanol–water partition coefficient (Wildman–Crippen LogP) is 3.55. The second-order valence-corrected chi connectivity index (χ2v) is 6.64. The van der Waals surface area contributed by atoms with Gasteiger partial charge < -0.3 is 10.0 Å². The van der Waals surface area contributed by atoms with E-state index in [4.69, 9.17) is 11.6 Å². The van der Waals surface area contributed by atoms with E-state index >= 15 is 0 Å². The molecule has 0 spiro atoms. The molecule has 0 aliphatic carbocycles. The fourth-order valence-corrected chi connectivity index (χ4v) is 3.97. The van der Waals surface area contributed by atoms with Crippen LogP contribution in [-0.4, -0.2) is 29.1 Å². The van der Waals surface area contributed by atoms with Crippen LogP contribution in [0.15, 0.2) is 18.2 Å². The van der Waals surface area contributed by atoms with E-state index in [9.17, 15) is 5.11 Å². The van der Waals surface area contributed by atoms with Crippen LogP contribution in [-0.2, 0) is 0 Å². The molecule has 2 aliphatic rings. The summed E-state index contributed by atoms with van der Waals surface area (Å²) in [6.07, 6.45) is 4.44. The smallest absolute Gasteiger partial charge is 0.0819 e. The van der Waals surface area contributed by atoms with E-state index in [1.54, 1.807) is 0 Å². The summed E-state index contributed by atoms with van der Waals surface area (Å²) in [6, 6.07) is 7.29. The first kappa shape index (κ1) is 13.4. The van der Waals surface area contributed by atoms with Gasteiger partial charge in [-0.3, -0.25) is 0 Å². The van der Waals surface area contributed by atoms with Crippen LogP contribution in [0.4, 0.5) is 0 Å². The lowest BCUT2D eigenvalue weighted by atomic mass is 9.83. The van der Waals surface area contributed by atoms with Crippen molar-refractivity contribution in [1.29, 1.82) is 0 Å². The maximum Gasteiger partial charge on any atom is 0.0819 e. The molecule has 2 fully saturated rings. The lowest BCUT2D eigenvalue weighted by Gasteiger charge is -2.38. The Kier molecular flexibility index (Phi) is 3.59. The number of rotatable bonds is 2.